The van der Waals surface area contributed by atoms with Gasteiger partial charge in [0.25, 0.3) is 15.9 Å². The van der Waals surface area contributed by atoms with Crippen molar-refractivity contribution in [3.05, 3.63) is 57.4 Å². The van der Waals surface area contributed by atoms with Crippen LogP contribution in [0.1, 0.15) is 51.5 Å². The van der Waals surface area contributed by atoms with E-state index in [9.17, 15) is 13.2 Å². The molecule has 1 fully saturated rings. The summed E-state index contributed by atoms with van der Waals surface area (Å²) in [7, 11) is -2.38. The minimum absolute atomic E-state index is 0.0615. The summed E-state index contributed by atoms with van der Waals surface area (Å²) in [6.45, 7) is 4.85. The molecule has 2 aromatic carbocycles. The number of rotatable bonds is 12. The standard InChI is InChI=1S/C26H31BrN2O5S2/c1-4-6-7-8-9-16-34-23-17-19(10-15-22(23)33-3)18-24-25(30)29(5-2)26(35-24)28-36(31,32)21-13-11-20(27)12-14-21/h10-15,17-18H,4-9,16H2,1-3H3. The fourth-order valence-electron chi connectivity index (χ4n) is 3.55. The fraction of sp³-hybridized carbons (Fsp3) is 0.385. The van der Waals surface area contributed by atoms with Crippen molar-refractivity contribution < 1.29 is 22.7 Å². The Kier molecular flexibility index (Phi) is 10.4. The van der Waals surface area contributed by atoms with E-state index < -0.39 is 10.0 Å². The summed E-state index contributed by atoms with van der Waals surface area (Å²) < 4.78 is 41.8. The molecule has 0 radical (unpaired) electrons. The van der Waals surface area contributed by atoms with Gasteiger partial charge in [-0.05, 0) is 73.1 Å². The highest BCUT2D eigenvalue weighted by Gasteiger charge is 2.34. The topological polar surface area (TPSA) is 85.3 Å². The third-order valence-electron chi connectivity index (χ3n) is 5.50. The highest BCUT2D eigenvalue weighted by molar-refractivity contribution is 9.10. The maximum atomic E-state index is 13.0. The summed E-state index contributed by atoms with van der Waals surface area (Å²) in [5.74, 6) is 0.937. The first kappa shape index (κ1) is 28.3. The second-order valence-corrected chi connectivity index (χ2v) is 11.7. The van der Waals surface area contributed by atoms with E-state index in [2.05, 4.69) is 27.3 Å². The highest BCUT2D eigenvalue weighted by atomic mass is 79.9. The molecule has 0 aliphatic carbocycles. The summed E-state index contributed by atoms with van der Waals surface area (Å²) in [6, 6.07) is 11.7. The third-order valence-corrected chi connectivity index (χ3v) is 8.44. The molecule has 1 saturated heterocycles. The molecule has 1 heterocycles. The molecular formula is C26H31BrN2O5S2. The summed E-state index contributed by atoms with van der Waals surface area (Å²) in [5.41, 5.74) is 0.751. The van der Waals surface area contributed by atoms with Crippen molar-refractivity contribution in [3.63, 3.8) is 0 Å². The van der Waals surface area contributed by atoms with Crippen LogP contribution in [0.3, 0.4) is 0 Å². The Morgan fingerprint density at radius 3 is 2.42 bits per heavy atom. The van der Waals surface area contributed by atoms with Gasteiger partial charge >= 0.3 is 0 Å². The molecule has 0 spiro atoms. The number of benzene rings is 2. The number of carbonyl (C=O) groups excluding carboxylic acids is 1. The Hall–Kier alpha value is -2.30. The van der Waals surface area contributed by atoms with Crippen LogP contribution >= 0.6 is 27.7 Å². The Morgan fingerprint density at radius 2 is 1.75 bits per heavy atom. The minimum atomic E-state index is -3.97. The Morgan fingerprint density at radius 1 is 1.03 bits per heavy atom. The number of carbonyl (C=O) groups is 1. The molecule has 3 rings (SSSR count). The number of hydrogen-bond acceptors (Lipinski definition) is 6. The van der Waals surface area contributed by atoms with Gasteiger partial charge in [-0.25, -0.2) is 0 Å². The fourth-order valence-corrected chi connectivity index (χ4v) is 6.06. The Balaban J connectivity index is 1.81. The van der Waals surface area contributed by atoms with Gasteiger partial charge in [0.2, 0.25) is 0 Å². The van der Waals surface area contributed by atoms with Crippen molar-refractivity contribution in [1.29, 1.82) is 0 Å². The Labute approximate surface area is 226 Å². The van der Waals surface area contributed by atoms with Gasteiger partial charge in [-0.1, -0.05) is 54.6 Å². The number of amidine groups is 1. The maximum Gasteiger partial charge on any atom is 0.284 e. The van der Waals surface area contributed by atoms with Crippen LogP contribution in [0.25, 0.3) is 6.08 Å². The van der Waals surface area contributed by atoms with Gasteiger partial charge in [-0.15, -0.1) is 4.40 Å². The van der Waals surface area contributed by atoms with Crippen LogP contribution in [-0.4, -0.2) is 44.7 Å². The van der Waals surface area contributed by atoms with Crippen LogP contribution in [0.4, 0.5) is 0 Å². The molecule has 1 aliphatic rings. The van der Waals surface area contributed by atoms with Gasteiger partial charge in [0.1, 0.15) is 0 Å². The summed E-state index contributed by atoms with van der Waals surface area (Å²) in [4.78, 5) is 14.8. The zero-order chi connectivity index (χ0) is 26.1. The first-order valence-corrected chi connectivity index (χ1v) is 15.0. The smallest absolute Gasteiger partial charge is 0.284 e. The summed E-state index contributed by atoms with van der Waals surface area (Å²) in [5, 5.41) is 0.133. The molecule has 2 aromatic rings. The van der Waals surface area contributed by atoms with E-state index in [1.54, 1.807) is 38.3 Å². The van der Waals surface area contributed by atoms with Crippen LogP contribution in [-0.2, 0) is 14.8 Å². The number of unbranched alkanes of at least 4 members (excludes halogenated alkanes) is 4. The maximum absolute atomic E-state index is 13.0. The zero-order valence-electron chi connectivity index (χ0n) is 20.7. The average molecular weight is 596 g/mol. The first-order valence-electron chi connectivity index (χ1n) is 11.9. The monoisotopic (exact) mass is 594 g/mol. The highest BCUT2D eigenvalue weighted by Crippen LogP contribution is 2.35. The number of nitrogens with zero attached hydrogens (tertiary/aromatic N) is 2. The van der Waals surface area contributed by atoms with E-state index in [1.165, 1.54) is 36.3 Å². The number of methoxy groups -OCH3 is 1. The van der Waals surface area contributed by atoms with Gasteiger partial charge in [-0.2, -0.15) is 8.42 Å². The molecule has 0 bridgehead atoms. The summed E-state index contributed by atoms with van der Waals surface area (Å²) in [6.07, 6.45) is 7.41. The second-order valence-electron chi connectivity index (χ2n) is 8.14. The van der Waals surface area contributed by atoms with Gasteiger partial charge in [-0.3, -0.25) is 9.69 Å². The molecule has 7 nitrogen and oxygen atoms in total. The lowest BCUT2D eigenvalue weighted by molar-refractivity contribution is -0.122. The summed E-state index contributed by atoms with van der Waals surface area (Å²) >= 11 is 4.34. The molecule has 36 heavy (non-hydrogen) atoms. The number of sulfonamides is 1. The predicted octanol–water partition coefficient (Wildman–Crippen LogP) is 6.49. The molecule has 0 saturated carbocycles. The van der Waals surface area contributed by atoms with E-state index in [-0.39, 0.29) is 16.0 Å². The zero-order valence-corrected chi connectivity index (χ0v) is 23.9. The van der Waals surface area contributed by atoms with Crippen LogP contribution in [0.5, 0.6) is 11.5 Å². The van der Waals surface area contributed by atoms with Gasteiger partial charge in [0, 0.05) is 11.0 Å². The van der Waals surface area contributed by atoms with Crippen LogP contribution in [0.2, 0.25) is 0 Å². The van der Waals surface area contributed by atoms with Crippen molar-refractivity contribution in [2.45, 2.75) is 50.8 Å². The third kappa shape index (κ3) is 7.36. The lowest BCUT2D eigenvalue weighted by Gasteiger charge is -2.12. The van der Waals surface area contributed by atoms with Crippen molar-refractivity contribution in [3.8, 4) is 11.5 Å². The van der Waals surface area contributed by atoms with E-state index in [1.807, 2.05) is 12.1 Å². The van der Waals surface area contributed by atoms with E-state index >= 15 is 0 Å². The molecule has 194 valence electrons. The van der Waals surface area contributed by atoms with Crippen LogP contribution in [0, 0.1) is 0 Å². The molecule has 10 heteroatoms. The molecule has 1 amide bonds. The van der Waals surface area contributed by atoms with Crippen LogP contribution in [0.15, 0.2) is 61.1 Å². The lowest BCUT2D eigenvalue weighted by Crippen LogP contribution is -2.29. The molecule has 0 aromatic heterocycles. The molecule has 0 atom stereocenters. The predicted molar refractivity (Wildman–Crippen MR) is 149 cm³/mol. The molecule has 0 unspecified atom stereocenters. The van der Waals surface area contributed by atoms with E-state index in [0.717, 1.165) is 34.6 Å². The number of likely N-dealkylation sites (N-methyl/N-ethyl adjacent to an activating group) is 1. The van der Waals surface area contributed by atoms with Gasteiger partial charge in [0.15, 0.2) is 16.7 Å². The van der Waals surface area contributed by atoms with Crippen molar-refractivity contribution in [1.82, 2.24) is 4.90 Å². The van der Waals surface area contributed by atoms with Crippen LogP contribution < -0.4 is 9.47 Å². The van der Waals surface area contributed by atoms with Crippen molar-refractivity contribution >= 4 is 54.9 Å². The molecule has 1 aliphatic heterocycles. The van der Waals surface area contributed by atoms with Crippen molar-refractivity contribution in [2.75, 3.05) is 20.3 Å². The molecule has 0 N–H and O–H groups in total. The first-order chi connectivity index (χ1) is 17.3. The second kappa shape index (κ2) is 13.3. The minimum Gasteiger partial charge on any atom is -0.493 e. The largest absolute Gasteiger partial charge is 0.493 e. The van der Waals surface area contributed by atoms with E-state index in [0.29, 0.717) is 29.6 Å². The number of amides is 1. The van der Waals surface area contributed by atoms with Crippen molar-refractivity contribution in [2.24, 2.45) is 4.40 Å². The lowest BCUT2D eigenvalue weighted by atomic mass is 10.1. The van der Waals surface area contributed by atoms with Gasteiger partial charge < -0.3 is 9.47 Å². The number of thioether (sulfide) groups is 1. The normalized spacial score (nSPS) is 16.2. The van der Waals surface area contributed by atoms with Gasteiger partial charge in [0.05, 0.1) is 23.5 Å². The van der Waals surface area contributed by atoms with E-state index in [4.69, 9.17) is 9.47 Å². The average Bonchev–Trinajstić information content (AvgIpc) is 3.14. The number of ether oxygens (including phenoxy) is 2. The Bertz CT molecular complexity index is 1230. The SMILES string of the molecule is CCCCCCCOc1cc(C=C2SC(=NS(=O)(=O)c3ccc(Br)cc3)N(CC)C2=O)ccc1OC. The number of halogens is 1. The quantitative estimate of drug-likeness (QED) is 0.206. The molecular weight excluding hydrogens is 564 g/mol. The number of hydrogen-bond donors (Lipinski definition) is 0.